The van der Waals surface area contributed by atoms with Gasteiger partial charge in [0.1, 0.15) is 0 Å². The zero-order valence-electron chi connectivity index (χ0n) is 12.2. The van der Waals surface area contributed by atoms with Crippen LogP contribution >= 0.6 is 0 Å². The Kier molecular flexibility index (Phi) is 5.36. The predicted molar refractivity (Wildman–Crippen MR) is 78.2 cm³/mol. The lowest BCUT2D eigenvalue weighted by atomic mass is 9.89. The van der Waals surface area contributed by atoms with Crippen LogP contribution in [0.5, 0.6) is 0 Å². The average molecular weight is 264 g/mol. The summed E-state index contributed by atoms with van der Waals surface area (Å²) in [5, 5.41) is 2.93. The highest BCUT2D eigenvalue weighted by molar-refractivity contribution is 5.99. The van der Waals surface area contributed by atoms with Crippen molar-refractivity contribution in [1.82, 2.24) is 5.32 Å². The summed E-state index contributed by atoms with van der Waals surface area (Å²) in [5.41, 5.74) is 7.97. The van der Waals surface area contributed by atoms with E-state index >= 15 is 0 Å². The maximum absolute atomic E-state index is 12.1. The summed E-state index contributed by atoms with van der Waals surface area (Å²) in [5.74, 6) is -0.122. The summed E-state index contributed by atoms with van der Waals surface area (Å²) in [4.78, 5) is 12.1. The molecule has 0 saturated carbocycles. The molecule has 0 aliphatic heterocycles. The van der Waals surface area contributed by atoms with Crippen molar-refractivity contribution in [3.63, 3.8) is 0 Å². The van der Waals surface area contributed by atoms with Crippen LogP contribution in [0.1, 0.15) is 36.2 Å². The first-order valence-electron chi connectivity index (χ1n) is 6.49. The van der Waals surface area contributed by atoms with Crippen LogP contribution in [0.3, 0.4) is 0 Å². The van der Waals surface area contributed by atoms with E-state index in [1.165, 1.54) is 0 Å². The Labute approximate surface area is 115 Å². The number of hydrogen-bond donors (Lipinski definition) is 2. The van der Waals surface area contributed by atoms with Gasteiger partial charge in [-0.05, 0) is 36.5 Å². The topological polar surface area (TPSA) is 64.3 Å². The van der Waals surface area contributed by atoms with Crippen LogP contribution in [0.25, 0.3) is 0 Å². The molecule has 1 aromatic rings. The molecule has 0 heterocycles. The zero-order valence-corrected chi connectivity index (χ0v) is 12.2. The molecule has 0 spiro atoms. The fraction of sp³-hybridized carbons (Fsp3) is 0.533. The van der Waals surface area contributed by atoms with Crippen molar-refractivity contribution in [1.29, 1.82) is 0 Å². The van der Waals surface area contributed by atoms with Crippen LogP contribution < -0.4 is 11.1 Å². The van der Waals surface area contributed by atoms with Crippen molar-refractivity contribution in [3.05, 3.63) is 29.3 Å². The molecule has 0 bridgehead atoms. The van der Waals surface area contributed by atoms with Gasteiger partial charge in [-0.25, -0.2) is 0 Å². The standard InChI is InChI=1S/C15H24N2O2/c1-11-5-6-12(13(16)9-11)14(18)17-10-15(2,3)7-8-19-4/h5-6,9H,7-8,10,16H2,1-4H3,(H,17,18). The van der Waals surface area contributed by atoms with Crippen LogP contribution in [0.15, 0.2) is 18.2 Å². The Morgan fingerprint density at radius 2 is 2.11 bits per heavy atom. The monoisotopic (exact) mass is 264 g/mol. The molecule has 1 aromatic carbocycles. The minimum Gasteiger partial charge on any atom is -0.398 e. The minimum absolute atomic E-state index is 0.00509. The molecule has 0 fully saturated rings. The molecule has 0 saturated heterocycles. The average Bonchev–Trinajstić information content (AvgIpc) is 2.34. The molecule has 3 N–H and O–H groups in total. The van der Waals surface area contributed by atoms with E-state index in [1.807, 2.05) is 19.1 Å². The second-order valence-electron chi connectivity index (χ2n) is 5.68. The lowest BCUT2D eigenvalue weighted by Gasteiger charge is -2.24. The molecule has 0 aromatic heterocycles. The van der Waals surface area contributed by atoms with Gasteiger partial charge in [0.2, 0.25) is 0 Å². The molecular formula is C15H24N2O2. The number of hydrogen-bond acceptors (Lipinski definition) is 3. The lowest BCUT2D eigenvalue weighted by molar-refractivity contribution is 0.0922. The van der Waals surface area contributed by atoms with E-state index in [2.05, 4.69) is 19.2 Å². The SMILES string of the molecule is COCCC(C)(C)CNC(=O)c1ccc(C)cc1N. The number of anilines is 1. The fourth-order valence-corrected chi connectivity index (χ4v) is 1.77. The highest BCUT2D eigenvalue weighted by Crippen LogP contribution is 2.19. The van der Waals surface area contributed by atoms with Gasteiger partial charge in [-0.2, -0.15) is 0 Å². The summed E-state index contributed by atoms with van der Waals surface area (Å²) < 4.78 is 5.07. The third-order valence-electron chi connectivity index (χ3n) is 3.16. The molecule has 0 atom stereocenters. The van der Waals surface area contributed by atoms with Gasteiger partial charge in [0.05, 0.1) is 5.56 Å². The number of aryl methyl sites for hydroxylation is 1. The summed E-state index contributed by atoms with van der Waals surface area (Å²) in [6.07, 6.45) is 0.896. The van der Waals surface area contributed by atoms with Gasteiger partial charge in [0.15, 0.2) is 0 Å². The molecule has 1 amide bonds. The van der Waals surface area contributed by atoms with Gasteiger partial charge in [0.25, 0.3) is 5.91 Å². The van der Waals surface area contributed by atoms with E-state index in [1.54, 1.807) is 13.2 Å². The van der Waals surface area contributed by atoms with Gasteiger partial charge in [-0.3, -0.25) is 4.79 Å². The molecule has 106 valence electrons. The summed E-state index contributed by atoms with van der Waals surface area (Å²) in [7, 11) is 1.68. The first kappa shape index (κ1) is 15.5. The van der Waals surface area contributed by atoms with Gasteiger partial charge < -0.3 is 15.8 Å². The van der Waals surface area contributed by atoms with Crippen molar-refractivity contribution in [2.45, 2.75) is 27.2 Å². The second kappa shape index (κ2) is 6.57. The van der Waals surface area contributed by atoms with Gasteiger partial charge in [-0.1, -0.05) is 19.9 Å². The molecule has 0 aliphatic carbocycles. The van der Waals surface area contributed by atoms with Crippen LogP contribution in [-0.2, 0) is 4.74 Å². The largest absolute Gasteiger partial charge is 0.398 e. The first-order valence-corrected chi connectivity index (χ1v) is 6.49. The Balaban J connectivity index is 2.60. The number of methoxy groups -OCH3 is 1. The molecule has 0 aliphatic rings. The molecule has 4 heteroatoms. The second-order valence-corrected chi connectivity index (χ2v) is 5.68. The lowest BCUT2D eigenvalue weighted by Crippen LogP contribution is -2.35. The molecule has 0 radical (unpaired) electrons. The van der Waals surface area contributed by atoms with Crippen LogP contribution in [0.2, 0.25) is 0 Å². The smallest absolute Gasteiger partial charge is 0.253 e. The Morgan fingerprint density at radius 1 is 1.42 bits per heavy atom. The van der Waals surface area contributed by atoms with E-state index in [0.29, 0.717) is 24.4 Å². The molecule has 4 nitrogen and oxygen atoms in total. The molecular weight excluding hydrogens is 240 g/mol. The number of nitrogen functional groups attached to an aromatic ring is 1. The highest BCUT2D eigenvalue weighted by Gasteiger charge is 2.19. The minimum atomic E-state index is -0.122. The number of carbonyl (C=O) groups is 1. The Hall–Kier alpha value is -1.55. The predicted octanol–water partition coefficient (Wildman–Crippen LogP) is 2.37. The van der Waals surface area contributed by atoms with E-state index in [-0.39, 0.29) is 11.3 Å². The van der Waals surface area contributed by atoms with Crippen LogP contribution in [-0.4, -0.2) is 26.2 Å². The van der Waals surface area contributed by atoms with Gasteiger partial charge in [-0.15, -0.1) is 0 Å². The quantitative estimate of drug-likeness (QED) is 0.775. The van der Waals surface area contributed by atoms with E-state index in [9.17, 15) is 4.79 Å². The molecule has 1 rings (SSSR count). The normalized spacial score (nSPS) is 11.4. The number of nitrogens with one attached hydrogen (secondary N) is 1. The van der Waals surface area contributed by atoms with Crippen molar-refractivity contribution < 1.29 is 9.53 Å². The maximum atomic E-state index is 12.1. The first-order chi connectivity index (χ1) is 8.85. The number of carbonyl (C=O) groups excluding carboxylic acids is 1. The van der Waals surface area contributed by atoms with Gasteiger partial charge in [0, 0.05) is 25.9 Å². The fourth-order valence-electron chi connectivity index (χ4n) is 1.77. The summed E-state index contributed by atoms with van der Waals surface area (Å²) >= 11 is 0. The summed E-state index contributed by atoms with van der Waals surface area (Å²) in [6.45, 7) is 7.44. The number of rotatable bonds is 6. The van der Waals surface area contributed by atoms with Crippen molar-refractivity contribution in [3.8, 4) is 0 Å². The van der Waals surface area contributed by atoms with E-state index in [0.717, 1.165) is 12.0 Å². The third kappa shape index (κ3) is 4.91. The van der Waals surface area contributed by atoms with Crippen LogP contribution in [0.4, 0.5) is 5.69 Å². The maximum Gasteiger partial charge on any atom is 0.253 e. The Bertz CT molecular complexity index is 442. The number of benzene rings is 1. The number of ether oxygens (including phenoxy) is 1. The van der Waals surface area contributed by atoms with Crippen molar-refractivity contribution >= 4 is 11.6 Å². The van der Waals surface area contributed by atoms with Crippen LogP contribution in [0, 0.1) is 12.3 Å². The number of nitrogens with two attached hydrogens (primary N) is 1. The molecule has 19 heavy (non-hydrogen) atoms. The molecule has 0 unspecified atom stereocenters. The highest BCUT2D eigenvalue weighted by atomic mass is 16.5. The van der Waals surface area contributed by atoms with Crippen molar-refractivity contribution in [2.24, 2.45) is 5.41 Å². The van der Waals surface area contributed by atoms with E-state index in [4.69, 9.17) is 10.5 Å². The third-order valence-corrected chi connectivity index (χ3v) is 3.16. The summed E-state index contributed by atoms with van der Waals surface area (Å²) in [6, 6.07) is 5.47. The zero-order chi connectivity index (χ0) is 14.5. The van der Waals surface area contributed by atoms with E-state index < -0.39 is 0 Å². The van der Waals surface area contributed by atoms with Gasteiger partial charge >= 0.3 is 0 Å². The van der Waals surface area contributed by atoms with Crippen molar-refractivity contribution in [2.75, 3.05) is 26.0 Å². The Morgan fingerprint density at radius 3 is 2.68 bits per heavy atom. The number of amides is 1.